The highest BCUT2D eigenvalue weighted by Gasteiger charge is 2.31. The first-order chi connectivity index (χ1) is 21.3. The van der Waals surface area contributed by atoms with Gasteiger partial charge in [-0.05, 0) is 64.1 Å². The summed E-state index contributed by atoms with van der Waals surface area (Å²) in [6.45, 7) is 3.28. The Morgan fingerprint density at radius 2 is 1.78 bits per heavy atom. The highest BCUT2D eigenvalue weighted by atomic mass is 32.1. The Balaban J connectivity index is 1.44. The molecule has 3 heterocycles. The monoisotopic (exact) mass is 628 g/mol. The van der Waals surface area contributed by atoms with Crippen molar-refractivity contribution < 1.29 is 19.1 Å². The molecule has 0 unspecified atom stereocenters. The molecule has 1 aromatic carbocycles. The van der Waals surface area contributed by atoms with E-state index < -0.39 is 11.1 Å². The number of piperidine rings is 1. The molecule has 2 aromatic heterocycles. The highest BCUT2D eigenvalue weighted by Crippen LogP contribution is 2.41. The number of likely N-dealkylation sites (tertiary alicyclic amines) is 1. The van der Waals surface area contributed by atoms with Gasteiger partial charge in [0.25, 0.3) is 11.8 Å². The van der Waals surface area contributed by atoms with E-state index in [1.54, 1.807) is 13.2 Å². The summed E-state index contributed by atoms with van der Waals surface area (Å²) in [6, 6.07) is 7.63. The van der Waals surface area contributed by atoms with E-state index >= 15 is 0 Å². The Kier molecular flexibility index (Phi) is 9.54. The van der Waals surface area contributed by atoms with Gasteiger partial charge in [0, 0.05) is 31.1 Å². The zero-order chi connectivity index (χ0) is 32.5. The predicted octanol–water partition coefficient (Wildman–Crippen LogP) is 0.416. The molecule has 3 aromatic rings. The maximum atomic E-state index is 13.5. The number of amides is 3. The zero-order valence-corrected chi connectivity index (χ0v) is 27.8. The zero-order valence-electron chi connectivity index (χ0n) is 27.0. The maximum absolute atomic E-state index is 13.5. The molecule has 234 valence electrons. The summed E-state index contributed by atoms with van der Waals surface area (Å²) in [6.07, 6.45) is 3.57. The van der Waals surface area contributed by atoms with Crippen LogP contribution in [0.15, 0.2) is 24.3 Å². The van der Waals surface area contributed by atoms with Gasteiger partial charge in [0.2, 0.25) is 5.91 Å². The number of thiazole rings is 1. The van der Waals surface area contributed by atoms with Gasteiger partial charge < -0.3 is 30.5 Å². The van der Waals surface area contributed by atoms with Crippen LogP contribution in [0.4, 0.5) is 17.2 Å². The number of methoxy groups -OCH3 is 1. The third-order valence-corrected chi connectivity index (χ3v) is 9.07. The lowest BCUT2D eigenvalue weighted by atomic mass is 9.49. The Morgan fingerprint density at radius 3 is 2.40 bits per heavy atom. The third-order valence-electron chi connectivity index (χ3n) is 7.89. The van der Waals surface area contributed by atoms with Gasteiger partial charge in [-0.3, -0.25) is 14.4 Å². The van der Waals surface area contributed by atoms with E-state index in [0.29, 0.717) is 57.4 Å². The summed E-state index contributed by atoms with van der Waals surface area (Å²) < 4.78 is 5.88. The summed E-state index contributed by atoms with van der Waals surface area (Å²) in [5.74, 6) is 0.172. The van der Waals surface area contributed by atoms with Gasteiger partial charge in [0.15, 0.2) is 17.3 Å². The molecule has 45 heavy (non-hydrogen) atoms. The molecule has 1 saturated heterocycles. The fourth-order valence-electron chi connectivity index (χ4n) is 5.30. The second-order valence-electron chi connectivity index (χ2n) is 12.9. The minimum absolute atomic E-state index is 0.000149. The van der Waals surface area contributed by atoms with Crippen molar-refractivity contribution in [3.8, 4) is 16.3 Å². The van der Waals surface area contributed by atoms with Crippen molar-refractivity contribution in [1.82, 2.24) is 30.3 Å². The Hall–Kier alpha value is -3.91. The van der Waals surface area contributed by atoms with Crippen LogP contribution >= 0.6 is 11.3 Å². The van der Waals surface area contributed by atoms with Crippen molar-refractivity contribution in [3.63, 3.8) is 0 Å². The minimum Gasteiger partial charge on any atom is -0.494 e. The summed E-state index contributed by atoms with van der Waals surface area (Å²) in [7, 11) is 11.4. The van der Waals surface area contributed by atoms with E-state index in [0.717, 1.165) is 25.7 Å². The van der Waals surface area contributed by atoms with Crippen LogP contribution in [-0.2, 0) is 4.79 Å². The minimum atomic E-state index is -0.507. The second-order valence-corrected chi connectivity index (χ2v) is 13.9. The quantitative estimate of drug-likeness (QED) is 0.273. The molecule has 0 atom stereocenters. The molecule has 0 bridgehead atoms. The number of benzene rings is 1. The molecule has 1 aliphatic heterocycles. The first kappa shape index (κ1) is 32.5. The number of aromatic nitrogens is 3. The molecule has 0 spiro atoms. The average Bonchev–Trinajstić information content (AvgIpc) is 3.77. The maximum Gasteiger partial charge on any atom is 0.272 e. The molecule has 0 radical (unpaired) electrons. The average molecular weight is 628 g/mol. The second kappa shape index (κ2) is 13.2. The van der Waals surface area contributed by atoms with Crippen molar-refractivity contribution in [2.75, 3.05) is 44.9 Å². The largest absolute Gasteiger partial charge is 0.494 e. The van der Waals surface area contributed by atoms with Gasteiger partial charge in [-0.15, -0.1) is 21.5 Å². The van der Waals surface area contributed by atoms with Crippen molar-refractivity contribution in [2.24, 2.45) is 5.92 Å². The molecule has 3 amide bonds. The Morgan fingerprint density at radius 1 is 1.07 bits per heavy atom. The number of hydrogen-bond donors (Lipinski definition) is 3. The van der Waals surface area contributed by atoms with Crippen molar-refractivity contribution in [1.29, 1.82) is 0 Å². The van der Waals surface area contributed by atoms with Crippen molar-refractivity contribution >= 4 is 69.8 Å². The van der Waals surface area contributed by atoms with Crippen molar-refractivity contribution in [2.45, 2.75) is 43.9 Å². The topological polar surface area (TPSA) is 142 Å². The van der Waals surface area contributed by atoms with Gasteiger partial charge in [-0.25, -0.2) is 4.98 Å². The molecule has 16 heteroatoms. The number of carbonyl (C=O) groups excluding carboxylic acids is 3. The van der Waals surface area contributed by atoms with E-state index in [1.165, 1.54) is 11.3 Å². The standard InChI is InChI=1S/C29H39B3N8O4S/c1-15-24(28(43)40-12-10-17(11-13-40)39(2)3)45-27(33-15)18-6-5-7-19(23(18)44-4)34-20-14-21(35-25(41)16-8-9-16)37-38-22(20)26(42)36-29(30,31)32/h5-7,14,16-17H,8-13,30-32H2,1-4H3,(H,36,42)(H2,34,35,37,41). The molecule has 1 aliphatic carbocycles. The molecule has 1 saturated carbocycles. The molecular formula is C29H39B3N8O4S. The van der Waals surface area contributed by atoms with Crippen LogP contribution in [0.3, 0.4) is 0 Å². The lowest BCUT2D eigenvalue weighted by molar-refractivity contribution is -0.117. The first-order valence-corrected chi connectivity index (χ1v) is 16.0. The van der Waals surface area contributed by atoms with Gasteiger partial charge in [-0.2, -0.15) is 0 Å². The number of carbonyl (C=O) groups is 3. The van der Waals surface area contributed by atoms with E-state index in [-0.39, 0.29) is 29.2 Å². The van der Waals surface area contributed by atoms with Gasteiger partial charge in [0.1, 0.15) is 33.4 Å². The summed E-state index contributed by atoms with van der Waals surface area (Å²) in [4.78, 5) is 48.7. The van der Waals surface area contributed by atoms with Gasteiger partial charge in [0.05, 0.1) is 29.7 Å². The number of para-hydroxylation sites is 1. The van der Waals surface area contributed by atoms with E-state index in [2.05, 4.69) is 45.1 Å². The SMILES string of the molecule is BC(B)(B)NC(=O)c1nnc(NC(=O)C2CC2)cc1Nc1cccc(-c2nc(C)c(C(=O)N3CCC(N(C)C)CC3)s2)c1OC. The van der Waals surface area contributed by atoms with Crippen molar-refractivity contribution in [3.05, 3.63) is 40.5 Å². The smallest absolute Gasteiger partial charge is 0.272 e. The number of nitrogens with zero attached hydrogens (tertiary/aromatic N) is 5. The molecule has 2 aliphatic rings. The number of anilines is 3. The van der Waals surface area contributed by atoms with Crippen LogP contribution < -0.4 is 20.7 Å². The van der Waals surface area contributed by atoms with E-state index in [1.807, 2.05) is 53.6 Å². The van der Waals surface area contributed by atoms with Crippen LogP contribution in [0.2, 0.25) is 0 Å². The van der Waals surface area contributed by atoms with Crippen LogP contribution in [-0.4, -0.2) is 112 Å². The van der Waals surface area contributed by atoms with Gasteiger partial charge in [-0.1, -0.05) is 6.07 Å². The molecule has 5 rings (SSSR count). The van der Waals surface area contributed by atoms with Crippen LogP contribution in [0, 0.1) is 12.8 Å². The van der Waals surface area contributed by atoms with Crippen LogP contribution in [0.1, 0.15) is 51.5 Å². The normalized spacial score (nSPS) is 15.5. The van der Waals surface area contributed by atoms with E-state index in [4.69, 9.17) is 9.72 Å². The number of hydrogen-bond acceptors (Lipinski definition) is 10. The van der Waals surface area contributed by atoms with Crippen LogP contribution in [0.5, 0.6) is 5.75 Å². The predicted molar refractivity (Wildman–Crippen MR) is 184 cm³/mol. The fourth-order valence-corrected chi connectivity index (χ4v) is 6.35. The Labute approximate surface area is 270 Å². The highest BCUT2D eigenvalue weighted by molar-refractivity contribution is 7.17. The lowest BCUT2D eigenvalue weighted by Crippen LogP contribution is -2.50. The Bertz CT molecular complexity index is 1600. The molecule has 3 N–H and O–H groups in total. The number of rotatable bonds is 10. The first-order valence-electron chi connectivity index (χ1n) is 15.2. The lowest BCUT2D eigenvalue weighted by Gasteiger charge is -2.35. The summed E-state index contributed by atoms with van der Waals surface area (Å²) in [5.41, 5.74) is 2.34. The molecule has 2 fully saturated rings. The van der Waals surface area contributed by atoms with E-state index in [9.17, 15) is 14.4 Å². The van der Waals surface area contributed by atoms with Gasteiger partial charge >= 0.3 is 0 Å². The third kappa shape index (κ3) is 7.67. The number of ether oxygens (including phenoxy) is 1. The molecular weight excluding hydrogens is 589 g/mol. The molecule has 12 nitrogen and oxygen atoms in total. The fraction of sp³-hybridized carbons (Fsp3) is 0.448. The summed E-state index contributed by atoms with van der Waals surface area (Å²) >= 11 is 1.34. The number of aryl methyl sites for hydroxylation is 1. The summed E-state index contributed by atoms with van der Waals surface area (Å²) in [5, 5.41) is 17.5. The number of nitrogens with one attached hydrogen (secondary N) is 3. The van der Waals surface area contributed by atoms with Crippen LogP contribution in [0.25, 0.3) is 10.6 Å².